The lowest BCUT2D eigenvalue weighted by Crippen LogP contribution is -2.35. The van der Waals surface area contributed by atoms with Crippen molar-refractivity contribution in [3.8, 4) is 0 Å². The zero-order chi connectivity index (χ0) is 15.4. The van der Waals surface area contributed by atoms with Crippen molar-refractivity contribution in [2.24, 2.45) is 4.99 Å². The minimum Gasteiger partial charge on any atom is -0.347 e. The molecule has 0 bridgehead atoms. The van der Waals surface area contributed by atoms with Crippen LogP contribution in [0.2, 0.25) is 0 Å². The van der Waals surface area contributed by atoms with Gasteiger partial charge in [0.05, 0.1) is 0 Å². The summed E-state index contributed by atoms with van der Waals surface area (Å²) >= 11 is 0. The Morgan fingerprint density at radius 1 is 1.09 bits per heavy atom. The van der Waals surface area contributed by atoms with Gasteiger partial charge < -0.3 is 10.6 Å². The van der Waals surface area contributed by atoms with Crippen LogP contribution in [0.4, 0.5) is 5.69 Å². The summed E-state index contributed by atoms with van der Waals surface area (Å²) in [7, 11) is 5.72. The maximum absolute atomic E-state index is 5.72. The van der Waals surface area contributed by atoms with E-state index in [1.54, 1.807) is 6.21 Å². The molecule has 2 radical (unpaired) electrons. The van der Waals surface area contributed by atoms with Gasteiger partial charge in [-0.05, 0) is 29.3 Å². The van der Waals surface area contributed by atoms with Crippen LogP contribution >= 0.6 is 0 Å². The van der Waals surface area contributed by atoms with Crippen LogP contribution in [0.5, 0.6) is 0 Å². The van der Waals surface area contributed by atoms with Crippen LogP contribution in [0.3, 0.4) is 0 Å². The molecule has 3 rings (SSSR count). The van der Waals surface area contributed by atoms with Gasteiger partial charge in [-0.25, -0.2) is 4.99 Å². The van der Waals surface area contributed by atoms with Crippen molar-refractivity contribution in [2.45, 2.75) is 6.29 Å². The zero-order valence-electron chi connectivity index (χ0n) is 12.2. The Morgan fingerprint density at radius 3 is 2.50 bits per heavy atom. The van der Waals surface area contributed by atoms with Gasteiger partial charge in [0.25, 0.3) is 0 Å². The zero-order valence-corrected chi connectivity index (χ0v) is 12.2. The molecule has 0 aliphatic carbocycles. The fraction of sp³-hybridized carbons (Fsp3) is 0.0556. The SMILES string of the molecule is [B]c1ccc(C2=CC=NC(Nc3ccc(C=C)cc3)N2)cc1. The van der Waals surface area contributed by atoms with Gasteiger partial charge >= 0.3 is 0 Å². The average molecular weight is 285 g/mol. The Kier molecular flexibility index (Phi) is 4.10. The normalized spacial score (nSPS) is 16.5. The molecular weight excluding hydrogens is 269 g/mol. The number of rotatable bonds is 4. The third-order valence-corrected chi connectivity index (χ3v) is 3.44. The molecule has 0 aromatic heterocycles. The van der Waals surface area contributed by atoms with Gasteiger partial charge in [0.2, 0.25) is 0 Å². The minimum atomic E-state index is -0.202. The molecule has 0 saturated heterocycles. The van der Waals surface area contributed by atoms with Gasteiger partial charge in [-0.2, -0.15) is 0 Å². The average Bonchev–Trinajstić information content (AvgIpc) is 2.56. The molecule has 1 aliphatic heterocycles. The van der Waals surface area contributed by atoms with Crippen LogP contribution in [-0.2, 0) is 0 Å². The first kappa shape index (κ1) is 14.2. The molecule has 1 atom stereocenters. The molecule has 2 aromatic carbocycles. The van der Waals surface area contributed by atoms with Crippen molar-refractivity contribution >= 4 is 37.0 Å². The predicted molar refractivity (Wildman–Crippen MR) is 95.4 cm³/mol. The first-order valence-electron chi connectivity index (χ1n) is 7.09. The van der Waals surface area contributed by atoms with Crippen LogP contribution in [0.1, 0.15) is 11.1 Å². The number of hydrogen-bond acceptors (Lipinski definition) is 3. The monoisotopic (exact) mass is 285 g/mol. The number of nitrogens with zero attached hydrogens (tertiary/aromatic N) is 1. The van der Waals surface area contributed by atoms with Crippen molar-refractivity contribution in [1.29, 1.82) is 0 Å². The number of anilines is 1. The van der Waals surface area contributed by atoms with Crippen LogP contribution in [0.25, 0.3) is 11.8 Å². The fourth-order valence-electron chi connectivity index (χ4n) is 2.23. The van der Waals surface area contributed by atoms with E-state index in [9.17, 15) is 0 Å². The molecule has 2 aromatic rings. The molecule has 0 spiro atoms. The summed E-state index contributed by atoms with van der Waals surface area (Å²) in [4.78, 5) is 4.39. The number of hydrogen-bond donors (Lipinski definition) is 2. The summed E-state index contributed by atoms with van der Waals surface area (Å²) < 4.78 is 0. The van der Waals surface area contributed by atoms with E-state index in [0.29, 0.717) is 0 Å². The van der Waals surface area contributed by atoms with Crippen LogP contribution in [0, 0.1) is 0 Å². The first-order chi connectivity index (χ1) is 10.7. The molecular formula is C18H16BN3. The van der Waals surface area contributed by atoms with E-state index in [-0.39, 0.29) is 6.29 Å². The molecule has 0 saturated carbocycles. The second kappa shape index (κ2) is 6.35. The topological polar surface area (TPSA) is 36.4 Å². The highest BCUT2D eigenvalue weighted by Gasteiger charge is 2.11. The maximum atomic E-state index is 5.72. The van der Waals surface area contributed by atoms with E-state index in [0.717, 1.165) is 28.0 Å². The maximum Gasteiger partial charge on any atom is 0.194 e. The lowest BCUT2D eigenvalue weighted by atomic mass is 9.94. The van der Waals surface area contributed by atoms with Crippen LogP contribution in [0.15, 0.2) is 66.2 Å². The molecule has 22 heavy (non-hydrogen) atoms. The second-order valence-electron chi connectivity index (χ2n) is 5.02. The number of nitrogens with one attached hydrogen (secondary N) is 2. The Hall–Kier alpha value is -2.75. The highest BCUT2D eigenvalue weighted by molar-refractivity contribution is 6.32. The van der Waals surface area contributed by atoms with Crippen molar-refractivity contribution in [1.82, 2.24) is 5.32 Å². The lowest BCUT2D eigenvalue weighted by Gasteiger charge is -2.23. The van der Waals surface area contributed by atoms with Gasteiger partial charge in [0.1, 0.15) is 7.85 Å². The highest BCUT2D eigenvalue weighted by atomic mass is 15.3. The van der Waals surface area contributed by atoms with E-state index in [2.05, 4.69) is 22.2 Å². The van der Waals surface area contributed by atoms with Gasteiger partial charge in [0.15, 0.2) is 6.29 Å². The summed E-state index contributed by atoms with van der Waals surface area (Å²) in [6.45, 7) is 3.75. The third-order valence-electron chi connectivity index (χ3n) is 3.44. The summed E-state index contributed by atoms with van der Waals surface area (Å²) in [5, 5.41) is 6.69. The summed E-state index contributed by atoms with van der Waals surface area (Å²) in [5.74, 6) is 0. The summed E-state index contributed by atoms with van der Waals surface area (Å²) in [6.07, 6.45) is 5.37. The minimum absolute atomic E-state index is 0.202. The highest BCUT2D eigenvalue weighted by Crippen LogP contribution is 2.16. The third kappa shape index (κ3) is 3.28. The molecule has 4 heteroatoms. The van der Waals surface area contributed by atoms with Crippen molar-refractivity contribution in [3.63, 3.8) is 0 Å². The Labute approximate surface area is 131 Å². The predicted octanol–water partition coefficient (Wildman–Crippen LogP) is 2.53. The van der Waals surface area contributed by atoms with E-state index in [1.807, 2.05) is 60.7 Å². The smallest absolute Gasteiger partial charge is 0.194 e. The van der Waals surface area contributed by atoms with Crippen LogP contribution in [-0.4, -0.2) is 20.4 Å². The Bertz CT molecular complexity index is 715. The van der Waals surface area contributed by atoms with Gasteiger partial charge in [-0.15, -0.1) is 0 Å². The Balaban J connectivity index is 1.69. The molecule has 2 N–H and O–H groups in total. The van der Waals surface area contributed by atoms with E-state index >= 15 is 0 Å². The molecule has 3 nitrogen and oxygen atoms in total. The number of benzene rings is 2. The van der Waals surface area contributed by atoms with Crippen LogP contribution < -0.4 is 16.1 Å². The molecule has 1 aliphatic rings. The van der Waals surface area contributed by atoms with E-state index < -0.39 is 0 Å². The Morgan fingerprint density at radius 2 is 1.82 bits per heavy atom. The van der Waals surface area contributed by atoms with Gasteiger partial charge in [-0.1, -0.05) is 54.5 Å². The number of aliphatic imine (C=N–C) groups is 1. The molecule has 106 valence electrons. The van der Waals surface area contributed by atoms with Gasteiger partial charge in [-0.3, -0.25) is 0 Å². The summed E-state index contributed by atoms with van der Waals surface area (Å²) in [5.41, 5.74) is 4.93. The first-order valence-corrected chi connectivity index (χ1v) is 7.09. The quantitative estimate of drug-likeness (QED) is 0.847. The molecule has 0 amide bonds. The van der Waals surface area contributed by atoms with Crippen molar-refractivity contribution < 1.29 is 0 Å². The van der Waals surface area contributed by atoms with E-state index in [4.69, 9.17) is 7.85 Å². The number of allylic oxidation sites excluding steroid dienone is 1. The molecule has 0 fully saturated rings. The fourth-order valence-corrected chi connectivity index (χ4v) is 2.23. The van der Waals surface area contributed by atoms with Gasteiger partial charge in [0, 0.05) is 17.6 Å². The van der Waals surface area contributed by atoms with Crippen molar-refractivity contribution in [3.05, 3.63) is 72.3 Å². The summed E-state index contributed by atoms with van der Waals surface area (Å²) in [6, 6.07) is 15.8. The van der Waals surface area contributed by atoms with Crippen molar-refractivity contribution in [2.75, 3.05) is 5.32 Å². The second-order valence-corrected chi connectivity index (χ2v) is 5.02. The molecule has 1 unspecified atom stereocenters. The standard InChI is InChI=1S/C18H16BN3/c1-2-13-3-9-16(10-4-13)21-18-20-12-11-17(22-18)14-5-7-15(19)8-6-14/h2-12,18,21-22H,1H2. The van der Waals surface area contributed by atoms with E-state index in [1.165, 1.54) is 0 Å². The lowest BCUT2D eigenvalue weighted by molar-refractivity contribution is 0.699. The molecule has 1 heterocycles. The largest absolute Gasteiger partial charge is 0.347 e.